The van der Waals surface area contributed by atoms with E-state index in [-0.39, 0.29) is 22.3 Å². The number of carboxylic acid groups (broad SMARTS) is 2. The van der Waals surface area contributed by atoms with Crippen molar-refractivity contribution in [3.8, 4) is 0 Å². The maximum absolute atomic E-state index is 13.2. The van der Waals surface area contributed by atoms with Crippen molar-refractivity contribution in [2.24, 2.45) is 0 Å². The third kappa shape index (κ3) is 7.24. The minimum Gasteiger partial charge on any atom is -0.478 e. The molecule has 0 aliphatic heterocycles. The topological polar surface area (TPSA) is 133 Å². The Morgan fingerprint density at radius 2 is 0.795 bits per heavy atom. The summed E-state index contributed by atoms with van der Waals surface area (Å²) in [6, 6.07) is 34.9. The molecule has 4 N–H and O–H groups in total. The fourth-order valence-corrected chi connectivity index (χ4v) is 4.85. The van der Waals surface area contributed by atoms with Gasteiger partial charge < -0.3 is 20.8 Å². The van der Waals surface area contributed by atoms with Crippen molar-refractivity contribution < 1.29 is 29.4 Å². The van der Waals surface area contributed by atoms with Crippen LogP contribution in [0, 0.1) is 0 Å². The second-order valence-corrected chi connectivity index (χ2v) is 10.2. The van der Waals surface area contributed by atoms with E-state index in [9.17, 15) is 29.4 Å². The van der Waals surface area contributed by atoms with Crippen LogP contribution in [0.5, 0.6) is 0 Å². The van der Waals surface area contributed by atoms with Gasteiger partial charge in [0.15, 0.2) is 0 Å². The first-order chi connectivity index (χ1) is 21.3. The van der Waals surface area contributed by atoms with Crippen LogP contribution in [0.2, 0.25) is 0 Å². The highest BCUT2D eigenvalue weighted by Crippen LogP contribution is 2.21. The predicted octanol–water partition coefficient (Wildman–Crippen LogP) is 6.77. The molecule has 0 aliphatic rings. The number of rotatable bonds is 10. The molecule has 5 aromatic rings. The Hall–Kier alpha value is -6.02. The van der Waals surface area contributed by atoms with Crippen molar-refractivity contribution in [1.82, 2.24) is 0 Å². The van der Waals surface area contributed by atoms with Crippen LogP contribution in [0.1, 0.15) is 63.7 Å². The van der Waals surface area contributed by atoms with Crippen molar-refractivity contribution in [3.63, 3.8) is 0 Å². The molecular weight excluding hydrogens is 556 g/mol. The van der Waals surface area contributed by atoms with E-state index in [1.807, 2.05) is 60.7 Å². The van der Waals surface area contributed by atoms with Crippen LogP contribution in [0.15, 0.2) is 121 Å². The maximum atomic E-state index is 13.2. The third-order valence-electron chi connectivity index (χ3n) is 7.02. The number of benzene rings is 5. The number of carboxylic acids is 2. The highest BCUT2D eigenvalue weighted by molar-refractivity contribution is 6.12. The molecule has 0 spiro atoms. The van der Waals surface area contributed by atoms with Gasteiger partial charge in [0.25, 0.3) is 11.8 Å². The van der Waals surface area contributed by atoms with E-state index in [1.54, 1.807) is 48.5 Å². The summed E-state index contributed by atoms with van der Waals surface area (Å²) < 4.78 is 0. The minimum absolute atomic E-state index is 0.0277. The molecule has 5 rings (SSSR count). The molecule has 2 amide bonds. The standard InChI is InChI=1S/C36H28N2O6/c39-33(31-21-25(11-17-29(31)35(41)42)19-23-7-3-1-4-8-23)37-27-13-15-28(16-14-27)38-34(40)32-22-26(12-18-30(32)36(43)44)20-24-9-5-2-6-10-24/h1-18,21-22H,19-20H2,(H,37,39)(H,38,40)(H,41,42)(H,43,44). The fraction of sp³-hybridized carbons (Fsp3) is 0.0556. The Kier molecular flexibility index (Phi) is 8.91. The monoisotopic (exact) mass is 584 g/mol. The lowest BCUT2D eigenvalue weighted by Crippen LogP contribution is -2.18. The van der Waals surface area contributed by atoms with Crippen LogP contribution in [-0.2, 0) is 12.8 Å². The first-order valence-electron chi connectivity index (χ1n) is 13.8. The summed E-state index contributed by atoms with van der Waals surface area (Å²) in [4.78, 5) is 50.0. The molecule has 0 fully saturated rings. The van der Waals surface area contributed by atoms with Crippen molar-refractivity contribution in [2.75, 3.05) is 10.6 Å². The summed E-state index contributed by atoms with van der Waals surface area (Å²) in [5, 5.41) is 24.8. The number of carbonyl (C=O) groups excluding carboxylic acids is 2. The molecule has 0 radical (unpaired) electrons. The van der Waals surface area contributed by atoms with Crippen LogP contribution < -0.4 is 10.6 Å². The molecule has 0 aliphatic carbocycles. The van der Waals surface area contributed by atoms with Gasteiger partial charge in [-0.1, -0.05) is 72.8 Å². The molecular formula is C36H28N2O6. The predicted molar refractivity (Wildman–Crippen MR) is 168 cm³/mol. The highest BCUT2D eigenvalue weighted by Gasteiger charge is 2.19. The van der Waals surface area contributed by atoms with Gasteiger partial charge in [-0.3, -0.25) is 9.59 Å². The Bertz CT molecular complexity index is 1700. The second kappa shape index (κ2) is 13.3. The molecule has 0 aromatic heterocycles. The molecule has 0 saturated carbocycles. The maximum Gasteiger partial charge on any atom is 0.336 e. The SMILES string of the molecule is O=C(O)c1ccc(Cc2ccccc2)cc1C(=O)Nc1ccc(NC(=O)c2cc(Cc3ccccc3)ccc2C(=O)O)cc1. The zero-order chi connectivity index (χ0) is 31.1. The Balaban J connectivity index is 1.30. The zero-order valence-electron chi connectivity index (χ0n) is 23.5. The Labute approximate surface area is 253 Å². The van der Waals surface area contributed by atoms with Gasteiger partial charge in [0.2, 0.25) is 0 Å². The molecule has 44 heavy (non-hydrogen) atoms. The highest BCUT2D eigenvalue weighted by atomic mass is 16.4. The minimum atomic E-state index is -1.21. The van der Waals surface area contributed by atoms with Gasteiger partial charge in [0.1, 0.15) is 0 Å². The second-order valence-electron chi connectivity index (χ2n) is 10.2. The summed E-state index contributed by atoms with van der Waals surface area (Å²) in [5.74, 6) is -3.60. The summed E-state index contributed by atoms with van der Waals surface area (Å²) in [6.07, 6.45) is 1.07. The van der Waals surface area contributed by atoms with Gasteiger partial charge in [-0.05, 0) is 83.6 Å². The van der Waals surface area contributed by atoms with Gasteiger partial charge in [0.05, 0.1) is 22.3 Å². The van der Waals surface area contributed by atoms with E-state index in [0.717, 1.165) is 22.3 Å². The number of nitrogens with one attached hydrogen (secondary N) is 2. The van der Waals surface area contributed by atoms with Gasteiger partial charge in [-0.25, -0.2) is 9.59 Å². The van der Waals surface area contributed by atoms with E-state index in [4.69, 9.17) is 0 Å². The normalized spacial score (nSPS) is 10.5. The van der Waals surface area contributed by atoms with Crippen LogP contribution in [0.4, 0.5) is 11.4 Å². The number of amides is 2. The van der Waals surface area contributed by atoms with Crippen molar-refractivity contribution >= 4 is 35.1 Å². The number of hydrogen-bond donors (Lipinski definition) is 4. The average molecular weight is 585 g/mol. The number of aromatic carboxylic acids is 2. The van der Waals surface area contributed by atoms with E-state index in [0.29, 0.717) is 24.2 Å². The summed E-state index contributed by atoms with van der Waals surface area (Å²) in [5.41, 5.74) is 4.22. The van der Waals surface area contributed by atoms with E-state index in [2.05, 4.69) is 10.6 Å². The van der Waals surface area contributed by atoms with Crippen molar-refractivity contribution in [3.05, 3.63) is 166 Å². The molecule has 0 bridgehead atoms. The van der Waals surface area contributed by atoms with Crippen LogP contribution in [0.3, 0.4) is 0 Å². The average Bonchev–Trinajstić information content (AvgIpc) is 3.02. The molecule has 218 valence electrons. The summed E-state index contributed by atoms with van der Waals surface area (Å²) in [7, 11) is 0. The molecule has 0 heterocycles. The Morgan fingerprint density at radius 1 is 0.432 bits per heavy atom. The smallest absolute Gasteiger partial charge is 0.336 e. The molecule has 0 atom stereocenters. The largest absolute Gasteiger partial charge is 0.478 e. The molecule has 0 unspecified atom stereocenters. The zero-order valence-corrected chi connectivity index (χ0v) is 23.5. The van der Waals surface area contributed by atoms with Crippen LogP contribution in [-0.4, -0.2) is 34.0 Å². The first kappa shape index (κ1) is 29.5. The molecule has 8 heteroatoms. The Morgan fingerprint density at radius 3 is 1.14 bits per heavy atom. The lowest BCUT2D eigenvalue weighted by molar-refractivity contribution is 0.0683. The van der Waals surface area contributed by atoms with Gasteiger partial charge in [-0.2, -0.15) is 0 Å². The molecule has 5 aromatic carbocycles. The fourth-order valence-electron chi connectivity index (χ4n) is 4.85. The van der Waals surface area contributed by atoms with Crippen molar-refractivity contribution in [2.45, 2.75) is 12.8 Å². The summed E-state index contributed by atoms with van der Waals surface area (Å²) >= 11 is 0. The lowest BCUT2D eigenvalue weighted by Gasteiger charge is -2.12. The number of anilines is 2. The lowest BCUT2D eigenvalue weighted by atomic mass is 9.98. The van der Waals surface area contributed by atoms with Gasteiger partial charge in [0, 0.05) is 11.4 Å². The summed E-state index contributed by atoms with van der Waals surface area (Å²) in [6.45, 7) is 0. The number of carbonyl (C=O) groups is 4. The quantitative estimate of drug-likeness (QED) is 0.143. The van der Waals surface area contributed by atoms with Crippen LogP contribution >= 0.6 is 0 Å². The van der Waals surface area contributed by atoms with Gasteiger partial charge in [-0.15, -0.1) is 0 Å². The molecule has 0 saturated heterocycles. The molecule has 8 nitrogen and oxygen atoms in total. The van der Waals surface area contributed by atoms with Crippen molar-refractivity contribution in [1.29, 1.82) is 0 Å². The van der Waals surface area contributed by atoms with E-state index < -0.39 is 23.8 Å². The third-order valence-corrected chi connectivity index (χ3v) is 7.02. The first-order valence-corrected chi connectivity index (χ1v) is 13.8. The van der Waals surface area contributed by atoms with Gasteiger partial charge >= 0.3 is 11.9 Å². The van der Waals surface area contributed by atoms with Crippen LogP contribution in [0.25, 0.3) is 0 Å². The number of hydrogen-bond acceptors (Lipinski definition) is 4. The van der Waals surface area contributed by atoms with E-state index in [1.165, 1.54) is 12.1 Å². The van der Waals surface area contributed by atoms with E-state index >= 15 is 0 Å².